The van der Waals surface area contributed by atoms with Crippen LogP contribution in [0.2, 0.25) is 0 Å². The molecule has 0 fully saturated rings. The molecule has 2 rings (SSSR count). The zero-order chi connectivity index (χ0) is 17.5. The third-order valence-corrected chi connectivity index (χ3v) is 4.20. The maximum absolute atomic E-state index is 12.6. The third kappa shape index (κ3) is 4.17. The minimum Gasteiger partial charge on any atom is -0.493 e. The normalized spacial score (nSPS) is 13.4. The lowest BCUT2D eigenvalue weighted by atomic mass is 9.98. The molecule has 1 aromatic carbocycles. The molecule has 0 saturated carbocycles. The van der Waals surface area contributed by atoms with Crippen LogP contribution in [-0.4, -0.2) is 56.1 Å². The molecule has 130 valence electrons. The molecule has 1 aliphatic rings. The zero-order valence-corrected chi connectivity index (χ0v) is 14.6. The molecule has 0 aromatic heterocycles. The van der Waals surface area contributed by atoms with Crippen molar-refractivity contribution in [3.8, 4) is 11.5 Å². The van der Waals surface area contributed by atoms with E-state index in [-0.39, 0.29) is 5.91 Å². The van der Waals surface area contributed by atoms with Crippen LogP contribution in [0.5, 0.6) is 11.5 Å². The number of benzene rings is 1. The Kier molecular flexibility index (Phi) is 6.44. The van der Waals surface area contributed by atoms with Crippen molar-refractivity contribution in [3.63, 3.8) is 0 Å². The van der Waals surface area contributed by atoms with E-state index in [1.165, 1.54) is 5.56 Å². The summed E-state index contributed by atoms with van der Waals surface area (Å²) >= 11 is 0. The van der Waals surface area contributed by atoms with Crippen LogP contribution in [0.1, 0.15) is 11.1 Å². The number of carbonyl (C=O) groups excluding carboxylic acids is 1. The van der Waals surface area contributed by atoms with Gasteiger partial charge in [0, 0.05) is 26.2 Å². The lowest BCUT2D eigenvalue weighted by Gasteiger charge is -2.31. The van der Waals surface area contributed by atoms with E-state index in [1.807, 2.05) is 21.9 Å². The highest BCUT2D eigenvalue weighted by Gasteiger charge is 2.23. The van der Waals surface area contributed by atoms with Crippen LogP contribution >= 0.6 is 0 Å². The second-order valence-corrected chi connectivity index (χ2v) is 5.81. The Morgan fingerprint density at radius 3 is 2.29 bits per heavy atom. The fourth-order valence-electron chi connectivity index (χ4n) is 2.96. The van der Waals surface area contributed by atoms with Crippen molar-refractivity contribution in [2.24, 2.45) is 0 Å². The summed E-state index contributed by atoms with van der Waals surface area (Å²) in [6.07, 6.45) is 4.43. The molecule has 1 aliphatic heterocycles. The van der Waals surface area contributed by atoms with Gasteiger partial charge >= 0.3 is 0 Å². The molecule has 1 aromatic rings. The van der Waals surface area contributed by atoms with Crippen LogP contribution in [-0.2, 0) is 17.8 Å². The molecule has 24 heavy (non-hydrogen) atoms. The smallest absolute Gasteiger partial charge is 0.237 e. The molecule has 0 unspecified atom stereocenters. The lowest BCUT2D eigenvalue weighted by Crippen LogP contribution is -2.42. The van der Waals surface area contributed by atoms with Crippen LogP contribution in [0.25, 0.3) is 0 Å². The first-order valence-electron chi connectivity index (χ1n) is 8.08. The van der Waals surface area contributed by atoms with Crippen LogP contribution in [0.4, 0.5) is 0 Å². The van der Waals surface area contributed by atoms with Crippen LogP contribution < -0.4 is 9.47 Å². The number of rotatable bonds is 8. The van der Waals surface area contributed by atoms with Gasteiger partial charge < -0.3 is 14.4 Å². The molecule has 1 amide bonds. The van der Waals surface area contributed by atoms with Crippen molar-refractivity contribution in [1.29, 1.82) is 0 Å². The summed E-state index contributed by atoms with van der Waals surface area (Å²) in [6.45, 7) is 10.5. The molecular weight excluding hydrogens is 304 g/mol. The number of fused-ring (bicyclic) bond motifs is 1. The molecule has 0 N–H and O–H groups in total. The minimum atomic E-state index is 0.124. The monoisotopic (exact) mass is 330 g/mol. The van der Waals surface area contributed by atoms with Crippen LogP contribution in [0.15, 0.2) is 37.4 Å². The Balaban J connectivity index is 2.09. The van der Waals surface area contributed by atoms with Crippen LogP contribution in [0.3, 0.4) is 0 Å². The SMILES string of the molecule is C=CCN(CC=C)CC(=O)N1CCc2cc(OC)c(OC)cc2C1. The van der Waals surface area contributed by atoms with E-state index < -0.39 is 0 Å². The number of nitrogens with zero attached hydrogens (tertiary/aromatic N) is 2. The van der Waals surface area contributed by atoms with Gasteiger partial charge in [0.2, 0.25) is 5.91 Å². The Morgan fingerprint density at radius 2 is 1.75 bits per heavy atom. The number of ether oxygens (including phenoxy) is 2. The summed E-state index contributed by atoms with van der Waals surface area (Å²) in [4.78, 5) is 16.5. The van der Waals surface area contributed by atoms with Gasteiger partial charge in [-0.05, 0) is 29.7 Å². The molecule has 5 nitrogen and oxygen atoms in total. The minimum absolute atomic E-state index is 0.124. The van der Waals surface area contributed by atoms with E-state index in [4.69, 9.17) is 9.47 Å². The molecular formula is C19H26N2O3. The van der Waals surface area contributed by atoms with Crippen molar-refractivity contribution in [2.75, 3.05) is 40.4 Å². The van der Waals surface area contributed by atoms with Gasteiger partial charge in [-0.3, -0.25) is 9.69 Å². The zero-order valence-electron chi connectivity index (χ0n) is 14.6. The summed E-state index contributed by atoms with van der Waals surface area (Å²) in [6, 6.07) is 3.98. The Bertz CT molecular complexity index is 603. The number of hydrogen-bond acceptors (Lipinski definition) is 4. The van der Waals surface area contributed by atoms with Gasteiger partial charge in [-0.25, -0.2) is 0 Å². The fraction of sp³-hybridized carbons (Fsp3) is 0.421. The molecule has 5 heteroatoms. The number of hydrogen-bond donors (Lipinski definition) is 0. The van der Waals surface area contributed by atoms with Crippen molar-refractivity contribution < 1.29 is 14.3 Å². The quantitative estimate of drug-likeness (QED) is 0.686. The topological polar surface area (TPSA) is 42.0 Å². The van der Waals surface area contributed by atoms with E-state index in [0.717, 1.165) is 24.3 Å². The molecule has 0 aliphatic carbocycles. The predicted molar refractivity (Wildman–Crippen MR) is 95.5 cm³/mol. The van der Waals surface area contributed by atoms with Crippen molar-refractivity contribution in [3.05, 3.63) is 48.6 Å². The second kappa shape index (κ2) is 8.55. The summed E-state index contributed by atoms with van der Waals surface area (Å²) in [5.74, 6) is 1.56. The average Bonchev–Trinajstić information content (AvgIpc) is 2.60. The van der Waals surface area contributed by atoms with Crippen molar-refractivity contribution in [2.45, 2.75) is 13.0 Å². The Hall–Kier alpha value is -2.27. The van der Waals surface area contributed by atoms with Crippen molar-refractivity contribution >= 4 is 5.91 Å². The standard InChI is InChI=1S/C19H26N2O3/c1-5-8-20(9-6-2)14-19(22)21-10-7-15-11-17(23-3)18(24-4)12-16(15)13-21/h5-6,11-12H,1-2,7-10,13-14H2,3-4H3. The fourth-order valence-corrected chi connectivity index (χ4v) is 2.96. The molecule has 0 atom stereocenters. The van der Waals surface area contributed by atoms with E-state index in [1.54, 1.807) is 26.4 Å². The van der Waals surface area contributed by atoms with E-state index in [9.17, 15) is 4.79 Å². The second-order valence-electron chi connectivity index (χ2n) is 5.81. The first-order valence-corrected chi connectivity index (χ1v) is 8.08. The van der Waals surface area contributed by atoms with Crippen molar-refractivity contribution in [1.82, 2.24) is 9.80 Å². The number of methoxy groups -OCH3 is 2. The van der Waals surface area contributed by atoms with E-state index in [0.29, 0.717) is 31.9 Å². The molecule has 1 heterocycles. The molecule has 0 spiro atoms. The average molecular weight is 330 g/mol. The van der Waals surface area contributed by atoms with E-state index >= 15 is 0 Å². The first-order chi connectivity index (χ1) is 11.6. The molecule has 0 bridgehead atoms. The highest BCUT2D eigenvalue weighted by molar-refractivity contribution is 5.78. The summed E-state index contributed by atoms with van der Waals surface area (Å²) in [5.41, 5.74) is 2.33. The van der Waals surface area contributed by atoms with Gasteiger partial charge in [0.1, 0.15) is 0 Å². The Morgan fingerprint density at radius 1 is 1.17 bits per heavy atom. The highest BCUT2D eigenvalue weighted by Crippen LogP contribution is 2.33. The van der Waals surface area contributed by atoms with Gasteiger partial charge in [-0.2, -0.15) is 0 Å². The number of carbonyl (C=O) groups is 1. The number of amides is 1. The predicted octanol–water partition coefficient (Wildman–Crippen LogP) is 2.26. The maximum atomic E-state index is 12.6. The van der Waals surface area contributed by atoms with E-state index in [2.05, 4.69) is 13.2 Å². The van der Waals surface area contributed by atoms with Crippen LogP contribution in [0, 0.1) is 0 Å². The van der Waals surface area contributed by atoms with Gasteiger partial charge in [0.25, 0.3) is 0 Å². The van der Waals surface area contributed by atoms with Gasteiger partial charge in [-0.1, -0.05) is 12.2 Å². The van der Waals surface area contributed by atoms with Gasteiger partial charge in [0.05, 0.1) is 20.8 Å². The van der Waals surface area contributed by atoms with Gasteiger partial charge in [0.15, 0.2) is 11.5 Å². The Labute approximate surface area is 144 Å². The first kappa shape index (κ1) is 18.1. The van der Waals surface area contributed by atoms with Gasteiger partial charge in [-0.15, -0.1) is 13.2 Å². The highest BCUT2D eigenvalue weighted by atomic mass is 16.5. The largest absolute Gasteiger partial charge is 0.493 e. The molecule has 0 radical (unpaired) electrons. The maximum Gasteiger partial charge on any atom is 0.237 e. The molecule has 0 saturated heterocycles. The summed E-state index contributed by atoms with van der Waals surface area (Å²) < 4.78 is 10.7. The third-order valence-electron chi connectivity index (χ3n) is 4.20. The lowest BCUT2D eigenvalue weighted by molar-refractivity contribution is -0.133. The summed E-state index contributed by atoms with van der Waals surface area (Å²) in [5, 5.41) is 0. The summed E-state index contributed by atoms with van der Waals surface area (Å²) in [7, 11) is 3.26.